The van der Waals surface area contributed by atoms with E-state index in [4.69, 9.17) is 0 Å². The van der Waals surface area contributed by atoms with Gasteiger partial charge in [-0.3, -0.25) is 4.79 Å². The van der Waals surface area contributed by atoms with Crippen molar-refractivity contribution >= 4 is 22.1 Å². The van der Waals surface area contributed by atoms with E-state index in [0.29, 0.717) is 24.5 Å². The van der Waals surface area contributed by atoms with E-state index < -0.39 is 10.0 Å². The van der Waals surface area contributed by atoms with Crippen LogP contribution in [0.4, 0.5) is 5.69 Å². The van der Waals surface area contributed by atoms with E-state index in [2.05, 4.69) is 36.9 Å². The van der Waals surface area contributed by atoms with Gasteiger partial charge in [-0.15, -0.1) is 0 Å². The second-order valence-electron chi connectivity index (χ2n) is 7.60. The quantitative estimate of drug-likeness (QED) is 0.570. The molecule has 0 spiro atoms. The van der Waals surface area contributed by atoms with Gasteiger partial charge < -0.3 is 9.80 Å². The first-order valence-electron chi connectivity index (χ1n) is 9.52. The molecule has 0 aliphatic carbocycles. The fraction of sp³-hybridized carbons (Fsp3) is 0.381. The van der Waals surface area contributed by atoms with Crippen molar-refractivity contribution in [2.75, 3.05) is 31.1 Å². The first kappa shape index (κ1) is 19.0. The molecule has 7 heteroatoms. The number of aryl methyl sites for hydroxylation is 2. The maximum absolute atomic E-state index is 12.9. The number of amides is 1. The number of carbonyl (C=O) groups is 1. The van der Waals surface area contributed by atoms with Crippen LogP contribution in [0.1, 0.15) is 11.1 Å². The molecule has 2 aliphatic heterocycles. The lowest BCUT2D eigenvalue weighted by atomic mass is 10.1. The monoisotopic (exact) mass is 399 g/mol. The lowest BCUT2D eigenvalue weighted by Gasteiger charge is -2.41. The van der Waals surface area contributed by atoms with Gasteiger partial charge in [0, 0.05) is 31.9 Å². The Balaban J connectivity index is 1.56. The van der Waals surface area contributed by atoms with Crippen LogP contribution in [-0.2, 0) is 14.8 Å². The summed E-state index contributed by atoms with van der Waals surface area (Å²) in [6, 6.07) is 14.5. The molecule has 2 aliphatic rings. The van der Waals surface area contributed by atoms with Gasteiger partial charge in [-0.05, 0) is 43.2 Å². The number of rotatable bonds is 5. The molecule has 0 bridgehead atoms. The van der Waals surface area contributed by atoms with Crippen molar-refractivity contribution in [3.8, 4) is 0 Å². The molecule has 0 saturated carbocycles. The predicted octanol–water partition coefficient (Wildman–Crippen LogP) is 2.02. The molecule has 2 unspecified atom stereocenters. The summed E-state index contributed by atoms with van der Waals surface area (Å²) < 4.78 is 27.3. The Labute approximate surface area is 166 Å². The van der Waals surface area contributed by atoms with E-state index in [1.807, 2.05) is 0 Å². The third-order valence-electron chi connectivity index (χ3n) is 5.70. The Hall–Kier alpha value is -2.38. The van der Waals surface area contributed by atoms with Crippen molar-refractivity contribution < 1.29 is 13.2 Å². The van der Waals surface area contributed by atoms with Gasteiger partial charge in [0.15, 0.2) is 0 Å². The minimum atomic E-state index is -3.52. The van der Waals surface area contributed by atoms with Crippen LogP contribution in [0.25, 0.3) is 0 Å². The molecule has 2 aromatic rings. The maximum Gasteiger partial charge on any atom is 0.243 e. The van der Waals surface area contributed by atoms with E-state index in [0.717, 1.165) is 18.6 Å². The summed E-state index contributed by atoms with van der Waals surface area (Å²) in [6.07, 6.45) is 0.858. The highest BCUT2D eigenvalue weighted by Crippen LogP contribution is 2.34. The Kier molecular flexibility index (Phi) is 4.89. The molecule has 4 rings (SSSR count). The minimum Gasteiger partial charge on any atom is -0.367 e. The highest BCUT2D eigenvalue weighted by molar-refractivity contribution is 7.89. The third kappa shape index (κ3) is 3.40. The van der Waals surface area contributed by atoms with Gasteiger partial charge in [0.25, 0.3) is 0 Å². The maximum atomic E-state index is 12.9. The molecule has 0 N–H and O–H groups in total. The summed E-state index contributed by atoms with van der Waals surface area (Å²) in [5.74, 6) is 0. The van der Waals surface area contributed by atoms with Crippen molar-refractivity contribution in [1.29, 1.82) is 0 Å². The van der Waals surface area contributed by atoms with Crippen LogP contribution in [0.2, 0.25) is 0 Å². The summed E-state index contributed by atoms with van der Waals surface area (Å²) in [5.41, 5.74) is 3.54. The fourth-order valence-corrected chi connectivity index (χ4v) is 5.65. The highest BCUT2D eigenvalue weighted by Gasteiger charge is 2.51. The number of anilines is 1. The molecule has 2 aromatic carbocycles. The average molecular weight is 400 g/mol. The second-order valence-corrected chi connectivity index (χ2v) is 9.49. The Morgan fingerprint density at radius 3 is 2.43 bits per heavy atom. The first-order chi connectivity index (χ1) is 13.4. The van der Waals surface area contributed by atoms with Crippen LogP contribution in [-0.4, -0.2) is 62.3 Å². The second kappa shape index (κ2) is 7.22. The van der Waals surface area contributed by atoms with E-state index >= 15 is 0 Å². The molecule has 2 saturated heterocycles. The van der Waals surface area contributed by atoms with Crippen LogP contribution in [0, 0.1) is 13.8 Å². The van der Waals surface area contributed by atoms with Gasteiger partial charge >= 0.3 is 0 Å². The first-order valence-corrected chi connectivity index (χ1v) is 11.0. The summed E-state index contributed by atoms with van der Waals surface area (Å²) in [4.78, 5) is 16.0. The van der Waals surface area contributed by atoms with E-state index in [1.165, 1.54) is 15.4 Å². The van der Waals surface area contributed by atoms with Crippen LogP contribution >= 0.6 is 0 Å². The van der Waals surface area contributed by atoms with E-state index in [-0.39, 0.29) is 12.1 Å². The summed E-state index contributed by atoms with van der Waals surface area (Å²) in [5, 5.41) is 0. The summed E-state index contributed by atoms with van der Waals surface area (Å²) in [6.45, 7) is 6.58. The molecule has 3 atom stereocenters. The molecule has 6 nitrogen and oxygen atoms in total. The van der Waals surface area contributed by atoms with Crippen LogP contribution in [0.5, 0.6) is 0 Å². The molecule has 0 radical (unpaired) electrons. The number of sulfonamides is 1. The molecule has 2 fully saturated rings. The van der Waals surface area contributed by atoms with Crippen molar-refractivity contribution in [1.82, 2.24) is 9.21 Å². The number of benzene rings is 2. The Bertz CT molecular complexity index is 978. The van der Waals surface area contributed by atoms with Gasteiger partial charge in [0.05, 0.1) is 17.0 Å². The van der Waals surface area contributed by atoms with Crippen LogP contribution in [0.3, 0.4) is 0 Å². The third-order valence-corrected chi connectivity index (χ3v) is 7.60. The number of piperazine rings is 1. The van der Waals surface area contributed by atoms with E-state index in [9.17, 15) is 13.2 Å². The SMILES string of the molecule is Cc1ccc(C)c(N2CCN(C=O)C([C@H]3CN3S(=O)(=O)c3ccccc3)C2)c1. The van der Waals surface area contributed by atoms with Gasteiger partial charge in [-0.2, -0.15) is 4.31 Å². The number of nitrogens with zero attached hydrogens (tertiary/aromatic N) is 3. The molecule has 28 heavy (non-hydrogen) atoms. The smallest absolute Gasteiger partial charge is 0.243 e. The average Bonchev–Trinajstić information content (AvgIpc) is 3.51. The summed E-state index contributed by atoms with van der Waals surface area (Å²) in [7, 11) is -3.52. The van der Waals surface area contributed by atoms with Crippen molar-refractivity contribution in [3.05, 3.63) is 59.7 Å². The molecule has 148 valence electrons. The predicted molar refractivity (Wildman–Crippen MR) is 109 cm³/mol. The van der Waals surface area contributed by atoms with Gasteiger partial charge in [0.2, 0.25) is 16.4 Å². The van der Waals surface area contributed by atoms with E-state index in [1.54, 1.807) is 35.2 Å². The minimum absolute atomic E-state index is 0.148. The number of hydrogen-bond acceptors (Lipinski definition) is 4. The zero-order valence-electron chi connectivity index (χ0n) is 16.2. The highest BCUT2D eigenvalue weighted by atomic mass is 32.2. The molecule has 0 aromatic heterocycles. The van der Waals surface area contributed by atoms with Crippen molar-refractivity contribution in [2.24, 2.45) is 0 Å². The zero-order valence-corrected chi connectivity index (χ0v) is 17.0. The Morgan fingerprint density at radius 1 is 0.964 bits per heavy atom. The number of carbonyl (C=O) groups excluding carboxylic acids is 1. The largest absolute Gasteiger partial charge is 0.367 e. The van der Waals surface area contributed by atoms with Crippen LogP contribution < -0.4 is 4.90 Å². The molecular weight excluding hydrogens is 374 g/mol. The van der Waals surface area contributed by atoms with Crippen molar-refractivity contribution in [2.45, 2.75) is 30.8 Å². The summed E-state index contributed by atoms with van der Waals surface area (Å²) >= 11 is 0. The molecule has 2 heterocycles. The Morgan fingerprint density at radius 2 is 1.71 bits per heavy atom. The van der Waals surface area contributed by atoms with Crippen LogP contribution in [0.15, 0.2) is 53.4 Å². The lowest BCUT2D eigenvalue weighted by Crippen LogP contribution is -2.56. The fourth-order valence-electron chi connectivity index (χ4n) is 4.03. The normalized spacial score (nSPS) is 24.9. The van der Waals surface area contributed by atoms with Gasteiger partial charge in [0.1, 0.15) is 0 Å². The number of hydrogen-bond donors (Lipinski definition) is 0. The molecule has 1 amide bonds. The topological polar surface area (TPSA) is 60.7 Å². The van der Waals surface area contributed by atoms with Gasteiger partial charge in [-0.1, -0.05) is 30.3 Å². The zero-order chi connectivity index (χ0) is 19.9. The van der Waals surface area contributed by atoms with Crippen molar-refractivity contribution in [3.63, 3.8) is 0 Å². The lowest BCUT2D eigenvalue weighted by molar-refractivity contribution is -0.120. The standard InChI is InChI=1S/C21H25N3O3S/c1-16-8-9-17(2)19(12-16)22-10-11-23(15-25)20(13-22)21-14-24(21)28(26,27)18-6-4-3-5-7-18/h3-9,12,15,20-21H,10-11,13-14H2,1-2H3/t20?,21-,24?/m1/s1. The molecular formula is C21H25N3O3S. The van der Waals surface area contributed by atoms with Gasteiger partial charge in [-0.25, -0.2) is 8.42 Å².